The summed E-state index contributed by atoms with van der Waals surface area (Å²) in [7, 11) is 0. The van der Waals surface area contributed by atoms with E-state index in [-0.39, 0.29) is 12.3 Å². The van der Waals surface area contributed by atoms with Crippen LogP contribution in [0.5, 0.6) is 5.75 Å². The Bertz CT molecular complexity index is 389. The summed E-state index contributed by atoms with van der Waals surface area (Å²) in [5, 5.41) is 3.31. The van der Waals surface area contributed by atoms with Crippen molar-refractivity contribution in [1.29, 1.82) is 0 Å². The van der Waals surface area contributed by atoms with Gasteiger partial charge in [0.2, 0.25) is 0 Å². The molecule has 0 saturated heterocycles. The molecule has 0 radical (unpaired) electrons. The first-order valence-corrected chi connectivity index (χ1v) is 4.19. The first-order valence-electron chi connectivity index (χ1n) is 4.19. The van der Waals surface area contributed by atoms with Crippen molar-refractivity contribution in [3.8, 4) is 5.75 Å². The Kier molecular flexibility index (Phi) is 3.88. The van der Waals surface area contributed by atoms with E-state index in [1.807, 2.05) is 0 Å². The normalized spacial score (nSPS) is 9.87. The summed E-state index contributed by atoms with van der Waals surface area (Å²) < 4.78 is 28.5. The van der Waals surface area contributed by atoms with E-state index in [1.165, 1.54) is 0 Å². The molecule has 1 aromatic rings. The van der Waals surface area contributed by atoms with Crippen LogP contribution in [0.1, 0.15) is 11.1 Å². The number of halogens is 2. The van der Waals surface area contributed by atoms with Crippen LogP contribution in [-0.2, 0) is 6.54 Å². The van der Waals surface area contributed by atoms with Crippen LogP contribution in [0.25, 0.3) is 10.4 Å². The summed E-state index contributed by atoms with van der Waals surface area (Å²) in [5.41, 5.74) is 9.18. The largest absolute Gasteiger partial charge is 0.434 e. The van der Waals surface area contributed by atoms with E-state index in [1.54, 1.807) is 25.1 Å². The van der Waals surface area contributed by atoms with E-state index in [0.29, 0.717) is 11.1 Å². The van der Waals surface area contributed by atoms with Crippen LogP contribution >= 0.6 is 0 Å². The molecule has 0 bridgehead atoms. The Balaban J connectivity index is 3.02. The molecule has 4 nitrogen and oxygen atoms in total. The smallest absolute Gasteiger partial charge is 0.387 e. The molecule has 0 fully saturated rings. The molecule has 0 N–H and O–H groups in total. The third-order valence-electron chi connectivity index (χ3n) is 1.80. The topological polar surface area (TPSA) is 58.0 Å². The van der Waals surface area contributed by atoms with Crippen LogP contribution in [0.4, 0.5) is 8.78 Å². The van der Waals surface area contributed by atoms with Crippen LogP contribution in [0.3, 0.4) is 0 Å². The molecule has 1 aromatic carbocycles. The van der Waals surface area contributed by atoms with Gasteiger partial charge in [-0.2, -0.15) is 8.78 Å². The molecular formula is C9H9F2N3O. The Hall–Kier alpha value is -1.81. The maximum Gasteiger partial charge on any atom is 0.387 e. The number of ether oxygens (including phenoxy) is 1. The van der Waals surface area contributed by atoms with E-state index in [9.17, 15) is 8.78 Å². The zero-order chi connectivity index (χ0) is 11.3. The summed E-state index contributed by atoms with van der Waals surface area (Å²) in [6.45, 7) is -1.23. The van der Waals surface area contributed by atoms with Crippen molar-refractivity contribution >= 4 is 0 Å². The average Bonchev–Trinajstić information content (AvgIpc) is 2.18. The zero-order valence-electron chi connectivity index (χ0n) is 8.02. The highest BCUT2D eigenvalue weighted by molar-refractivity contribution is 5.40. The quantitative estimate of drug-likeness (QED) is 0.429. The Morgan fingerprint density at radius 2 is 2.27 bits per heavy atom. The van der Waals surface area contributed by atoms with Gasteiger partial charge >= 0.3 is 6.61 Å². The van der Waals surface area contributed by atoms with Crippen molar-refractivity contribution in [3.63, 3.8) is 0 Å². The van der Waals surface area contributed by atoms with Gasteiger partial charge in [0.15, 0.2) is 0 Å². The molecule has 0 heterocycles. The fraction of sp³-hybridized carbons (Fsp3) is 0.333. The van der Waals surface area contributed by atoms with Crippen molar-refractivity contribution in [2.24, 2.45) is 5.11 Å². The van der Waals surface area contributed by atoms with Crippen LogP contribution in [-0.4, -0.2) is 6.61 Å². The van der Waals surface area contributed by atoms with Gasteiger partial charge in [0.05, 0.1) is 6.54 Å². The van der Waals surface area contributed by atoms with Crippen LogP contribution < -0.4 is 4.74 Å². The maximum absolute atomic E-state index is 12.1. The Labute approximate surface area is 85.1 Å². The van der Waals surface area contributed by atoms with Crippen LogP contribution in [0, 0.1) is 6.92 Å². The summed E-state index contributed by atoms with van der Waals surface area (Å²) >= 11 is 0. The molecule has 80 valence electrons. The highest BCUT2D eigenvalue weighted by atomic mass is 19.3. The van der Waals surface area contributed by atoms with Gasteiger partial charge in [0.1, 0.15) is 5.75 Å². The number of benzene rings is 1. The van der Waals surface area contributed by atoms with Crippen molar-refractivity contribution in [2.75, 3.05) is 0 Å². The number of hydrogen-bond donors (Lipinski definition) is 0. The third-order valence-corrected chi connectivity index (χ3v) is 1.80. The van der Waals surface area contributed by atoms with Crippen molar-refractivity contribution < 1.29 is 13.5 Å². The van der Waals surface area contributed by atoms with Crippen LogP contribution in [0.15, 0.2) is 23.3 Å². The number of azide groups is 1. The van der Waals surface area contributed by atoms with Gasteiger partial charge < -0.3 is 4.74 Å². The molecule has 0 unspecified atom stereocenters. The lowest BCUT2D eigenvalue weighted by molar-refractivity contribution is -0.0508. The van der Waals surface area contributed by atoms with Gasteiger partial charge in [0, 0.05) is 10.5 Å². The molecule has 0 aliphatic rings. The third kappa shape index (κ3) is 3.11. The van der Waals surface area contributed by atoms with E-state index in [0.717, 1.165) is 0 Å². The molecule has 0 saturated carbocycles. The predicted octanol–water partition coefficient (Wildman–Crippen LogP) is 3.41. The lowest BCUT2D eigenvalue weighted by Crippen LogP contribution is -2.05. The zero-order valence-corrected chi connectivity index (χ0v) is 8.02. The average molecular weight is 213 g/mol. The first-order chi connectivity index (χ1) is 7.15. The molecule has 0 atom stereocenters. The second kappa shape index (κ2) is 5.17. The fourth-order valence-electron chi connectivity index (χ4n) is 1.20. The van der Waals surface area contributed by atoms with Gasteiger partial charge in [-0.25, -0.2) is 0 Å². The molecule has 1 rings (SSSR count). The minimum absolute atomic E-state index is 0.000231. The second-order valence-electron chi connectivity index (χ2n) is 2.83. The van der Waals surface area contributed by atoms with Crippen molar-refractivity contribution in [2.45, 2.75) is 20.1 Å². The minimum Gasteiger partial charge on any atom is -0.434 e. The number of aryl methyl sites for hydroxylation is 1. The van der Waals surface area contributed by atoms with E-state index >= 15 is 0 Å². The molecule has 15 heavy (non-hydrogen) atoms. The minimum atomic E-state index is -2.88. The van der Waals surface area contributed by atoms with Gasteiger partial charge in [-0.1, -0.05) is 23.3 Å². The molecule has 0 aromatic heterocycles. The van der Waals surface area contributed by atoms with Crippen molar-refractivity contribution in [1.82, 2.24) is 0 Å². The number of alkyl halides is 2. The number of rotatable bonds is 4. The van der Waals surface area contributed by atoms with Gasteiger partial charge in [-0.15, -0.1) is 0 Å². The molecule has 0 amide bonds. The Morgan fingerprint density at radius 3 is 2.87 bits per heavy atom. The predicted molar refractivity (Wildman–Crippen MR) is 50.7 cm³/mol. The van der Waals surface area contributed by atoms with Crippen LogP contribution in [0.2, 0.25) is 0 Å². The van der Waals surface area contributed by atoms with Gasteiger partial charge in [-0.3, -0.25) is 0 Å². The maximum atomic E-state index is 12.1. The highest BCUT2D eigenvalue weighted by Crippen LogP contribution is 2.25. The highest BCUT2D eigenvalue weighted by Gasteiger charge is 2.11. The summed E-state index contributed by atoms with van der Waals surface area (Å²) in [6.07, 6.45) is 0. The lowest BCUT2D eigenvalue weighted by atomic mass is 10.1. The molecule has 0 aliphatic carbocycles. The monoisotopic (exact) mass is 213 g/mol. The SMILES string of the molecule is Cc1cccc(CN=[N+]=[N-])c1OC(F)F. The van der Waals surface area contributed by atoms with E-state index in [2.05, 4.69) is 14.8 Å². The number of hydrogen-bond acceptors (Lipinski definition) is 2. The summed E-state index contributed by atoms with van der Waals surface area (Å²) in [4.78, 5) is 2.56. The first kappa shape index (κ1) is 11.3. The van der Waals surface area contributed by atoms with Gasteiger partial charge in [-0.05, 0) is 18.0 Å². The molecule has 6 heteroatoms. The van der Waals surface area contributed by atoms with E-state index < -0.39 is 6.61 Å². The van der Waals surface area contributed by atoms with Gasteiger partial charge in [0.25, 0.3) is 0 Å². The Morgan fingerprint density at radius 1 is 1.53 bits per heavy atom. The summed E-state index contributed by atoms with van der Waals surface area (Å²) in [5.74, 6) is 0.0832. The fourth-order valence-corrected chi connectivity index (χ4v) is 1.20. The lowest BCUT2D eigenvalue weighted by Gasteiger charge is -2.11. The molecular weight excluding hydrogens is 204 g/mol. The number of nitrogens with zero attached hydrogens (tertiary/aromatic N) is 3. The molecule has 0 aliphatic heterocycles. The van der Waals surface area contributed by atoms with Crippen molar-refractivity contribution in [3.05, 3.63) is 39.8 Å². The molecule has 0 spiro atoms. The summed E-state index contributed by atoms with van der Waals surface area (Å²) in [6, 6.07) is 4.92. The van der Waals surface area contributed by atoms with E-state index in [4.69, 9.17) is 5.53 Å². The number of para-hydroxylation sites is 1. The second-order valence-corrected chi connectivity index (χ2v) is 2.83. The standard InChI is InChI=1S/C9H9F2N3O/c1-6-3-2-4-7(5-13-14-12)8(6)15-9(10)11/h2-4,9H,5H2,1H3.